The molecule has 0 saturated carbocycles. The van der Waals surface area contributed by atoms with Crippen LogP contribution in [0.2, 0.25) is 0 Å². The van der Waals surface area contributed by atoms with Gasteiger partial charge in [-0.05, 0) is 49.2 Å². The number of amides is 1. The molecule has 0 unspecified atom stereocenters. The van der Waals surface area contributed by atoms with Crippen molar-refractivity contribution in [2.75, 3.05) is 63.6 Å². The Morgan fingerprint density at radius 3 is 2.41 bits per heavy atom. The Labute approximate surface area is 200 Å². The zero-order valence-electron chi connectivity index (χ0n) is 19.8. The molecule has 3 N–H and O–H groups in total. The summed E-state index contributed by atoms with van der Waals surface area (Å²) in [7, 11) is 1.66. The van der Waals surface area contributed by atoms with E-state index in [-0.39, 0.29) is 11.5 Å². The van der Waals surface area contributed by atoms with Crippen LogP contribution in [0.3, 0.4) is 0 Å². The summed E-state index contributed by atoms with van der Waals surface area (Å²) < 4.78 is 5.12. The van der Waals surface area contributed by atoms with Crippen LogP contribution in [0.1, 0.15) is 22.3 Å². The number of carboxylic acids is 1. The fourth-order valence-corrected chi connectivity index (χ4v) is 3.72. The van der Waals surface area contributed by atoms with Gasteiger partial charge in [0.1, 0.15) is 0 Å². The average Bonchev–Trinajstić information content (AvgIpc) is 2.82. The van der Waals surface area contributed by atoms with Crippen molar-refractivity contribution >= 4 is 29.2 Å². The van der Waals surface area contributed by atoms with Gasteiger partial charge in [0.25, 0.3) is 0 Å². The van der Waals surface area contributed by atoms with E-state index in [0.717, 1.165) is 30.8 Å². The number of hydrogen-bond acceptors (Lipinski definition) is 5. The number of carboxylic acid groups (broad SMARTS) is 1. The lowest BCUT2D eigenvalue weighted by Crippen LogP contribution is -2.52. The van der Waals surface area contributed by atoms with Crippen LogP contribution in [0.4, 0.5) is 11.4 Å². The van der Waals surface area contributed by atoms with Gasteiger partial charge in [-0.2, -0.15) is 0 Å². The van der Waals surface area contributed by atoms with Crippen LogP contribution in [-0.2, 0) is 9.53 Å². The van der Waals surface area contributed by atoms with Crippen molar-refractivity contribution in [2.45, 2.75) is 13.3 Å². The maximum atomic E-state index is 12.5. The summed E-state index contributed by atoms with van der Waals surface area (Å²) in [6.45, 7) is 6.37. The molecular weight excluding hydrogens is 434 g/mol. The third-order valence-corrected chi connectivity index (χ3v) is 5.47. The lowest BCUT2D eigenvalue weighted by molar-refractivity contribution is -0.117. The van der Waals surface area contributed by atoms with Gasteiger partial charge in [0.15, 0.2) is 5.96 Å². The minimum Gasteiger partial charge on any atom is -0.478 e. The van der Waals surface area contributed by atoms with E-state index in [9.17, 15) is 14.7 Å². The Morgan fingerprint density at radius 1 is 1.03 bits per heavy atom. The van der Waals surface area contributed by atoms with E-state index in [1.165, 1.54) is 0 Å². The summed E-state index contributed by atoms with van der Waals surface area (Å²) in [5.41, 5.74) is 2.80. The molecule has 0 radical (unpaired) electrons. The van der Waals surface area contributed by atoms with Gasteiger partial charge in [-0.25, -0.2) is 4.79 Å². The van der Waals surface area contributed by atoms with Crippen molar-refractivity contribution in [1.29, 1.82) is 0 Å². The van der Waals surface area contributed by atoms with E-state index in [0.29, 0.717) is 44.4 Å². The van der Waals surface area contributed by atoms with Crippen LogP contribution in [0, 0.1) is 6.92 Å². The van der Waals surface area contributed by atoms with Crippen molar-refractivity contribution in [3.05, 3.63) is 59.7 Å². The Balaban J connectivity index is 1.58. The van der Waals surface area contributed by atoms with Gasteiger partial charge in [-0.1, -0.05) is 18.2 Å². The molecular formula is C25H33N5O4. The number of benzene rings is 2. The monoisotopic (exact) mass is 467 g/mol. The molecule has 1 saturated heterocycles. The molecule has 1 heterocycles. The highest BCUT2D eigenvalue weighted by atomic mass is 16.5. The Kier molecular flexibility index (Phi) is 9.42. The molecule has 0 atom stereocenters. The van der Waals surface area contributed by atoms with Crippen molar-refractivity contribution in [1.82, 2.24) is 9.80 Å². The van der Waals surface area contributed by atoms with Crippen LogP contribution in [0.15, 0.2) is 53.5 Å². The Morgan fingerprint density at radius 2 is 1.74 bits per heavy atom. The Bertz CT molecular complexity index is 1000. The molecule has 0 spiro atoms. The standard InChI is InChI=1S/C25H33N5O4/c1-19-6-3-8-21(16-19)27-23(31)18-29-11-13-30(14-12-29)25(26-10-5-15-34-2)28-22-9-4-7-20(17-22)24(32)33/h3-4,6-9,16-17H,5,10-15,18H2,1-2H3,(H,26,28)(H,27,31)(H,32,33). The van der Waals surface area contributed by atoms with E-state index in [1.807, 2.05) is 37.3 Å². The molecule has 1 fully saturated rings. The maximum absolute atomic E-state index is 12.5. The Hall–Kier alpha value is -3.43. The normalized spacial score (nSPS) is 14.6. The second-order valence-corrected chi connectivity index (χ2v) is 8.24. The smallest absolute Gasteiger partial charge is 0.335 e. The number of anilines is 2. The summed E-state index contributed by atoms with van der Waals surface area (Å²) in [4.78, 5) is 32.8. The van der Waals surface area contributed by atoms with Crippen molar-refractivity contribution < 1.29 is 19.4 Å². The molecule has 1 amide bonds. The topological polar surface area (TPSA) is 106 Å². The van der Waals surface area contributed by atoms with Gasteiger partial charge in [0.05, 0.1) is 12.1 Å². The first-order chi connectivity index (χ1) is 16.4. The van der Waals surface area contributed by atoms with Crippen LogP contribution >= 0.6 is 0 Å². The highest BCUT2D eigenvalue weighted by Gasteiger charge is 2.22. The number of methoxy groups -OCH3 is 1. The summed E-state index contributed by atoms with van der Waals surface area (Å²) in [5, 5.41) is 15.5. The summed E-state index contributed by atoms with van der Waals surface area (Å²) in [5.74, 6) is -0.307. The van der Waals surface area contributed by atoms with E-state index in [1.54, 1.807) is 25.3 Å². The molecule has 3 rings (SSSR count). The molecule has 9 nitrogen and oxygen atoms in total. The lowest BCUT2D eigenvalue weighted by atomic mass is 10.2. The predicted molar refractivity (Wildman–Crippen MR) is 134 cm³/mol. The highest BCUT2D eigenvalue weighted by molar-refractivity contribution is 5.96. The number of nitrogens with one attached hydrogen (secondary N) is 2. The van der Waals surface area contributed by atoms with E-state index < -0.39 is 5.97 Å². The van der Waals surface area contributed by atoms with Crippen LogP contribution in [0.5, 0.6) is 0 Å². The molecule has 1 aliphatic heterocycles. The maximum Gasteiger partial charge on any atom is 0.335 e. The quantitative estimate of drug-likeness (QED) is 0.296. The van der Waals surface area contributed by atoms with Gasteiger partial charge < -0.3 is 25.4 Å². The van der Waals surface area contributed by atoms with Gasteiger partial charge in [0, 0.05) is 57.8 Å². The van der Waals surface area contributed by atoms with E-state index >= 15 is 0 Å². The predicted octanol–water partition coefficient (Wildman–Crippen LogP) is 2.75. The number of hydrogen-bond donors (Lipinski definition) is 3. The number of rotatable bonds is 9. The number of aromatic carboxylic acids is 1. The van der Waals surface area contributed by atoms with Crippen LogP contribution in [-0.4, -0.2) is 85.7 Å². The first kappa shape index (κ1) is 25.2. The molecule has 182 valence electrons. The van der Waals surface area contributed by atoms with Gasteiger partial charge in [-0.3, -0.25) is 14.7 Å². The van der Waals surface area contributed by atoms with Gasteiger partial charge in [0.2, 0.25) is 5.91 Å². The van der Waals surface area contributed by atoms with Crippen molar-refractivity contribution in [3.63, 3.8) is 0 Å². The molecule has 2 aromatic carbocycles. The molecule has 0 aromatic heterocycles. The molecule has 1 aliphatic rings. The minimum absolute atomic E-state index is 0.0314. The molecule has 34 heavy (non-hydrogen) atoms. The number of carbonyl (C=O) groups is 2. The fourth-order valence-electron chi connectivity index (χ4n) is 3.72. The third-order valence-electron chi connectivity index (χ3n) is 5.47. The highest BCUT2D eigenvalue weighted by Crippen LogP contribution is 2.14. The average molecular weight is 468 g/mol. The van der Waals surface area contributed by atoms with Crippen LogP contribution in [0.25, 0.3) is 0 Å². The molecule has 0 aliphatic carbocycles. The molecule has 0 bridgehead atoms. The van der Waals surface area contributed by atoms with E-state index in [4.69, 9.17) is 9.73 Å². The first-order valence-electron chi connectivity index (χ1n) is 11.4. The molecule has 9 heteroatoms. The number of aliphatic imine (C=N–C) groups is 1. The summed E-state index contributed by atoms with van der Waals surface area (Å²) >= 11 is 0. The van der Waals surface area contributed by atoms with Gasteiger partial charge >= 0.3 is 5.97 Å². The first-order valence-corrected chi connectivity index (χ1v) is 11.4. The lowest BCUT2D eigenvalue weighted by Gasteiger charge is -2.36. The number of piperazine rings is 1. The number of ether oxygens (including phenoxy) is 1. The fraction of sp³-hybridized carbons (Fsp3) is 0.400. The van der Waals surface area contributed by atoms with Crippen molar-refractivity contribution in [3.8, 4) is 0 Å². The number of aryl methyl sites for hydroxylation is 1. The number of guanidine groups is 1. The minimum atomic E-state index is -0.972. The van der Waals surface area contributed by atoms with Crippen LogP contribution < -0.4 is 10.6 Å². The zero-order valence-corrected chi connectivity index (χ0v) is 19.8. The summed E-state index contributed by atoms with van der Waals surface area (Å²) in [6, 6.07) is 14.4. The third kappa shape index (κ3) is 7.86. The van der Waals surface area contributed by atoms with Crippen molar-refractivity contribution in [2.24, 2.45) is 4.99 Å². The number of carbonyl (C=O) groups excluding carboxylic acids is 1. The number of nitrogens with zero attached hydrogens (tertiary/aromatic N) is 3. The summed E-state index contributed by atoms with van der Waals surface area (Å²) in [6.07, 6.45) is 0.788. The molecule has 2 aromatic rings. The SMILES string of the molecule is COCCCN=C(Nc1cccc(C(=O)O)c1)N1CCN(CC(=O)Nc2cccc(C)c2)CC1. The van der Waals surface area contributed by atoms with E-state index in [2.05, 4.69) is 20.4 Å². The second kappa shape index (κ2) is 12.7. The van der Waals surface area contributed by atoms with Gasteiger partial charge in [-0.15, -0.1) is 0 Å². The largest absolute Gasteiger partial charge is 0.478 e. The second-order valence-electron chi connectivity index (χ2n) is 8.24. The zero-order chi connectivity index (χ0) is 24.3.